The third kappa shape index (κ3) is 1.77. The molecule has 1 saturated carbocycles. The lowest BCUT2D eigenvalue weighted by Crippen LogP contribution is -2.31. The van der Waals surface area contributed by atoms with Crippen LogP contribution >= 0.6 is 0 Å². The fourth-order valence-corrected chi connectivity index (χ4v) is 1.58. The van der Waals surface area contributed by atoms with Gasteiger partial charge in [0, 0.05) is 0 Å². The molecule has 0 aromatic rings. The highest BCUT2D eigenvalue weighted by atomic mass is 16.5. The quantitative estimate of drug-likeness (QED) is 0.434. The lowest BCUT2D eigenvalue weighted by Gasteiger charge is -2.31. The maximum absolute atomic E-state index is 5.40. The molecule has 0 saturated heterocycles. The molecular weight excluding hydrogens is 136 g/mol. The van der Waals surface area contributed by atoms with Crippen LogP contribution < -0.4 is 0 Å². The minimum Gasteiger partial charge on any atom is -0.483 e. The van der Waals surface area contributed by atoms with Crippen molar-refractivity contribution in [3.05, 3.63) is 12.8 Å². The van der Waals surface area contributed by atoms with Gasteiger partial charge in [0.15, 0.2) is 5.60 Å². The average Bonchev–Trinajstić information content (AvgIpc) is 2.07. The minimum absolute atomic E-state index is 0.319. The van der Waals surface area contributed by atoms with Gasteiger partial charge >= 0.3 is 0 Å². The molecule has 0 radical (unpaired) electrons. The highest BCUT2D eigenvalue weighted by Crippen LogP contribution is 2.30. The van der Waals surface area contributed by atoms with Crippen LogP contribution in [0.3, 0.4) is 0 Å². The van der Waals surface area contributed by atoms with E-state index in [0.29, 0.717) is 0 Å². The Balaban J connectivity index is 2.58. The van der Waals surface area contributed by atoms with E-state index in [-0.39, 0.29) is 5.60 Å². The molecular formula is C10H14O. The van der Waals surface area contributed by atoms with Gasteiger partial charge in [-0.15, -0.1) is 6.42 Å². The summed E-state index contributed by atoms with van der Waals surface area (Å²) in [5, 5.41) is 0. The van der Waals surface area contributed by atoms with Crippen LogP contribution in [0, 0.1) is 12.3 Å². The Kier molecular flexibility index (Phi) is 2.59. The van der Waals surface area contributed by atoms with Crippen LogP contribution in [0.1, 0.15) is 32.1 Å². The number of hydrogen-bond acceptors (Lipinski definition) is 1. The Morgan fingerprint density at radius 1 is 1.36 bits per heavy atom. The molecule has 11 heavy (non-hydrogen) atoms. The third-order valence-electron chi connectivity index (χ3n) is 2.23. The van der Waals surface area contributed by atoms with Gasteiger partial charge in [0.2, 0.25) is 0 Å². The molecule has 0 atom stereocenters. The van der Waals surface area contributed by atoms with Crippen molar-refractivity contribution in [2.75, 3.05) is 0 Å². The van der Waals surface area contributed by atoms with Crippen LogP contribution in [-0.4, -0.2) is 5.60 Å². The molecule has 1 heteroatoms. The fourth-order valence-electron chi connectivity index (χ4n) is 1.58. The summed E-state index contributed by atoms with van der Waals surface area (Å²) in [5.74, 6) is 2.72. The average molecular weight is 150 g/mol. The smallest absolute Gasteiger partial charge is 0.168 e. The first-order valence-electron chi connectivity index (χ1n) is 4.09. The number of ether oxygens (including phenoxy) is 1. The van der Waals surface area contributed by atoms with Crippen molar-refractivity contribution < 1.29 is 4.74 Å². The van der Waals surface area contributed by atoms with Crippen molar-refractivity contribution in [2.45, 2.75) is 37.7 Å². The van der Waals surface area contributed by atoms with Gasteiger partial charge in [-0.1, -0.05) is 18.9 Å². The Hall–Kier alpha value is -0.900. The van der Waals surface area contributed by atoms with Gasteiger partial charge in [-0.2, -0.15) is 0 Å². The van der Waals surface area contributed by atoms with Crippen molar-refractivity contribution >= 4 is 0 Å². The van der Waals surface area contributed by atoms with E-state index < -0.39 is 0 Å². The molecule has 0 aromatic carbocycles. The molecule has 1 nitrogen and oxygen atoms in total. The topological polar surface area (TPSA) is 9.23 Å². The zero-order valence-electron chi connectivity index (χ0n) is 6.81. The zero-order valence-corrected chi connectivity index (χ0v) is 6.81. The molecule has 0 bridgehead atoms. The highest BCUT2D eigenvalue weighted by Gasteiger charge is 2.30. The van der Waals surface area contributed by atoms with Crippen LogP contribution in [0.2, 0.25) is 0 Å². The first-order valence-corrected chi connectivity index (χ1v) is 4.09. The molecule has 0 spiro atoms. The van der Waals surface area contributed by atoms with E-state index in [9.17, 15) is 0 Å². The summed E-state index contributed by atoms with van der Waals surface area (Å²) in [4.78, 5) is 0. The third-order valence-corrected chi connectivity index (χ3v) is 2.23. The Morgan fingerprint density at radius 3 is 2.45 bits per heavy atom. The van der Waals surface area contributed by atoms with Crippen molar-refractivity contribution in [1.29, 1.82) is 0 Å². The zero-order chi connectivity index (χ0) is 8.16. The summed E-state index contributed by atoms with van der Waals surface area (Å²) < 4.78 is 5.35. The van der Waals surface area contributed by atoms with Crippen molar-refractivity contribution in [3.63, 3.8) is 0 Å². The van der Waals surface area contributed by atoms with Gasteiger partial charge in [-0.05, 0) is 25.7 Å². The molecule has 0 heterocycles. The molecule has 0 N–H and O–H groups in total. The molecule has 1 aliphatic carbocycles. The van der Waals surface area contributed by atoms with Crippen molar-refractivity contribution in [2.24, 2.45) is 0 Å². The summed E-state index contributed by atoms with van der Waals surface area (Å²) in [6.07, 6.45) is 12.5. The largest absolute Gasteiger partial charge is 0.483 e. The second-order valence-corrected chi connectivity index (χ2v) is 2.98. The van der Waals surface area contributed by atoms with E-state index in [1.165, 1.54) is 25.5 Å². The molecule has 0 unspecified atom stereocenters. The first kappa shape index (κ1) is 8.20. The second-order valence-electron chi connectivity index (χ2n) is 2.98. The fraction of sp³-hybridized carbons (Fsp3) is 0.600. The number of terminal acetylenes is 1. The predicted octanol–water partition coefficient (Wildman–Crippen LogP) is 2.48. The van der Waals surface area contributed by atoms with E-state index in [1.807, 2.05) is 0 Å². The molecule has 60 valence electrons. The van der Waals surface area contributed by atoms with Crippen molar-refractivity contribution in [3.8, 4) is 12.3 Å². The number of hydrogen-bond donors (Lipinski definition) is 0. The summed E-state index contributed by atoms with van der Waals surface area (Å²) in [6.45, 7) is 3.53. The summed E-state index contributed by atoms with van der Waals surface area (Å²) >= 11 is 0. The van der Waals surface area contributed by atoms with Crippen molar-refractivity contribution in [1.82, 2.24) is 0 Å². The molecule has 0 aliphatic heterocycles. The van der Waals surface area contributed by atoms with Crippen LogP contribution in [0.4, 0.5) is 0 Å². The van der Waals surface area contributed by atoms with Crippen LogP contribution in [0.25, 0.3) is 0 Å². The maximum atomic E-state index is 5.40. The van der Waals surface area contributed by atoms with Gasteiger partial charge in [0.05, 0.1) is 6.26 Å². The van der Waals surface area contributed by atoms with Gasteiger partial charge in [0.1, 0.15) is 0 Å². The normalized spacial score (nSPS) is 21.7. The van der Waals surface area contributed by atoms with E-state index in [2.05, 4.69) is 12.5 Å². The summed E-state index contributed by atoms with van der Waals surface area (Å²) in [6, 6.07) is 0. The second kappa shape index (κ2) is 3.48. The Morgan fingerprint density at radius 2 is 2.00 bits per heavy atom. The van der Waals surface area contributed by atoms with Gasteiger partial charge < -0.3 is 4.74 Å². The Labute approximate surface area is 68.4 Å². The van der Waals surface area contributed by atoms with E-state index >= 15 is 0 Å². The summed E-state index contributed by atoms with van der Waals surface area (Å²) in [5.41, 5.74) is -0.319. The predicted molar refractivity (Wildman–Crippen MR) is 45.9 cm³/mol. The lowest BCUT2D eigenvalue weighted by atomic mass is 9.85. The molecule has 1 rings (SSSR count). The minimum atomic E-state index is -0.319. The van der Waals surface area contributed by atoms with E-state index in [0.717, 1.165) is 12.8 Å². The molecule has 0 amide bonds. The van der Waals surface area contributed by atoms with Gasteiger partial charge in [0.25, 0.3) is 0 Å². The van der Waals surface area contributed by atoms with E-state index in [1.54, 1.807) is 0 Å². The SMILES string of the molecule is C#CC1(OC=C)CCCCC1. The maximum Gasteiger partial charge on any atom is 0.168 e. The Bertz CT molecular complexity index is 170. The van der Waals surface area contributed by atoms with Crippen LogP contribution in [0.5, 0.6) is 0 Å². The highest BCUT2D eigenvalue weighted by molar-refractivity contribution is 5.10. The van der Waals surface area contributed by atoms with E-state index in [4.69, 9.17) is 11.2 Å². The van der Waals surface area contributed by atoms with Crippen LogP contribution in [-0.2, 0) is 4.74 Å². The number of rotatable bonds is 2. The first-order chi connectivity index (χ1) is 5.33. The molecule has 0 aromatic heterocycles. The van der Waals surface area contributed by atoms with Gasteiger partial charge in [-0.25, -0.2) is 0 Å². The van der Waals surface area contributed by atoms with Gasteiger partial charge in [-0.3, -0.25) is 0 Å². The lowest BCUT2D eigenvalue weighted by molar-refractivity contribution is 0.0425. The summed E-state index contributed by atoms with van der Waals surface area (Å²) in [7, 11) is 0. The van der Waals surface area contributed by atoms with Crippen LogP contribution in [0.15, 0.2) is 12.8 Å². The molecule has 1 fully saturated rings. The molecule has 1 aliphatic rings. The standard InChI is InChI=1S/C10H14O/c1-3-10(11-4-2)8-6-5-7-9-10/h1,4H,2,5-9H2. The monoisotopic (exact) mass is 150 g/mol.